The van der Waals surface area contributed by atoms with Crippen LogP contribution in [0.5, 0.6) is 0 Å². The van der Waals surface area contributed by atoms with Crippen LogP contribution in [0, 0.1) is 16.7 Å². The lowest BCUT2D eigenvalue weighted by Crippen LogP contribution is -2.31. The molecule has 2 nitrogen and oxygen atoms in total. The Hall–Kier alpha value is -0.370. The fraction of sp³-hybridized carbons (Fsp3) is 0.545. The van der Waals surface area contributed by atoms with Crippen LogP contribution in [0.4, 0.5) is 0 Å². The van der Waals surface area contributed by atoms with Crippen LogP contribution in [0.25, 0.3) is 0 Å². The number of hydrogen-bond donors (Lipinski definition) is 0. The second-order valence-corrected chi connectivity index (χ2v) is 6.84. The van der Waals surface area contributed by atoms with Gasteiger partial charge in [0.2, 0.25) is 0 Å². The summed E-state index contributed by atoms with van der Waals surface area (Å²) in [5.74, 6) is 0. The Balaban J connectivity index is 3.10. The lowest BCUT2D eigenvalue weighted by Gasteiger charge is -2.32. The number of nitriles is 1. The molecule has 0 saturated carbocycles. The summed E-state index contributed by atoms with van der Waals surface area (Å²) in [6, 6.07) is 6.63. The normalized spacial score (nSPS) is 13.9. The standard InChI is InChI=1S/C11H15BrN2S/c1-11(2,7-13)10(14(3)4)8-5-6-9(12)15-8/h5-6,10H,1-4H3. The number of hydrogen-bond acceptors (Lipinski definition) is 3. The number of rotatable bonds is 3. The highest BCUT2D eigenvalue weighted by Gasteiger charge is 2.33. The smallest absolute Gasteiger partial charge is 0.0722 e. The van der Waals surface area contributed by atoms with Crippen LogP contribution in [0.15, 0.2) is 15.9 Å². The summed E-state index contributed by atoms with van der Waals surface area (Å²) in [5, 5.41) is 9.20. The Morgan fingerprint density at radius 1 is 1.47 bits per heavy atom. The highest BCUT2D eigenvalue weighted by atomic mass is 79.9. The average molecular weight is 287 g/mol. The Kier molecular flexibility index (Phi) is 3.93. The quantitative estimate of drug-likeness (QED) is 0.848. The molecule has 15 heavy (non-hydrogen) atoms. The molecule has 0 N–H and O–H groups in total. The van der Waals surface area contributed by atoms with E-state index in [1.807, 2.05) is 34.0 Å². The van der Waals surface area contributed by atoms with E-state index in [1.54, 1.807) is 11.3 Å². The third-order valence-corrected chi connectivity index (χ3v) is 4.03. The summed E-state index contributed by atoms with van der Waals surface area (Å²) < 4.78 is 1.11. The first kappa shape index (κ1) is 12.7. The highest BCUT2D eigenvalue weighted by molar-refractivity contribution is 9.11. The van der Waals surface area contributed by atoms with Crippen molar-refractivity contribution in [2.24, 2.45) is 5.41 Å². The Morgan fingerprint density at radius 3 is 2.40 bits per heavy atom. The third-order valence-electron chi connectivity index (χ3n) is 2.35. The average Bonchev–Trinajstić information content (AvgIpc) is 2.51. The van der Waals surface area contributed by atoms with Gasteiger partial charge in [0.1, 0.15) is 0 Å². The van der Waals surface area contributed by atoms with E-state index in [4.69, 9.17) is 0 Å². The first-order valence-corrected chi connectivity index (χ1v) is 6.32. The number of nitrogens with zero attached hydrogens (tertiary/aromatic N) is 2. The molecule has 82 valence electrons. The van der Waals surface area contributed by atoms with Crippen molar-refractivity contribution in [2.75, 3.05) is 14.1 Å². The van der Waals surface area contributed by atoms with E-state index < -0.39 is 0 Å². The second-order valence-electron chi connectivity index (χ2n) is 4.34. The minimum Gasteiger partial charge on any atom is -0.300 e. The summed E-state index contributed by atoms with van der Waals surface area (Å²) in [7, 11) is 4.02. The molecule has 1 unspecified atom stereocenters. The van der Waals surface area contributed by atoms with Gasteiger partial charge >= 0.3 is 0 Å². The largest absolute Gasteiger partial charge is 0.300 e. The summed E-state index contributed by atoms with van der Waals surface area (Å²) in [6.45, 7) is 3.95. The summed E-state index contributed by atoms with van der Waals surface area (Å²) in [5.41, 5.74) is -0.381. The lowest BCUT2D eigenvalue weighted by molar-refractivity contribution is 0.189. The molecule has 0 bridgehead atoms. The predicted molar refractivity (Wildman–Crippen MR) is 67.8 cm³/mol. The number of halogens is 1. The van der Waals surface area contributed by atoms with Crippen molar-refractivity contribution in [3.63, 3.8) is 0 Å². The van der Waals surface area contributed by atoms with E-state index in [9.17, 15) is 5.26 Å². The molecule has 0 fully saturated rings. The second kappa shape index (κ2) is 4.65. The Morgan fingerprint density at radius 2 is 2.07 bits per heavy atom. The van der Waals surface area contributed by atoms with E-state index in [0.717, 1.165) is 3.79 Å². The molecule has 0 aliphatic rings. The molecular formula is C11H15BrN2S. The molecule has 1 atom stereocenters. The molecular weight excluding hydrogens is 272 g/mol. The van der Waals surface area contributed by atoms with Gasteiger partial charge in [0.25, 0.3) is 0 Å². The zero-order chi connectivity index (χ0) is 11.6. The van der Waals surface area contributed by atoms with Gasteiger partial charge in [-0.15, -0.1) is 11.3 Å². The van der Waals surface area contributed by atoms with Crippen molar-refractivity contribution in [1.82, 2.24) is 4.90 Å². The van der Waals surface area contributed by atoms with E-state index >= 15 is 0 Å². The van der Waals surface area contributed by atoms with Gasteiger partial charge in [-0.3, -0.25) is 0 Å². The molecule has 1 aromatic rings. The van der Waals surface area contributed by atoms with Gasteiger partial charge in [-0.25, -0.2) is 0 Å². The van der Waals surface area contributed by atoms with Gasteiger partial charge in [0.15, 0.2) is 0 Å². The maximum Gasteiger partial charge on any atom is 0.0722 e. The van der Waals surface area contributed by atoms with Crippen LogP contribution < -0.4 is 0 Å². The van der Waals surface area contributed by atoms with Crippen molar-refractivity contribution in [3.8, 4) is 6.07 Å². The van der Waals surface area contributed by atoms with Gasteiger partial charge in [0.05, 0.1) is 21.3 Å². The van der Waals surface area contributed by atoms with Crippen LogP contribution in [0.1, 0.15) is 24.8 Å². The SMILES string of the molecule is CN(C)C(c1ccc(Br)s1)C(C)(C)C#N. The summed E-state index contributed by atoms with van der Waals surface area (Å²) in [6.07, 6.45) is 0. The first-order valence-electron chi connectivity index (χ1n) is 4.71. The topological polar surface area (TPSA) is 27.0 Å². The molecule has 0 aliphatic carbocycles. The van der Waals surface area contributed by atoms with Gasteiger partial charge in [-0.05, 0) is 56.0 Å². The molecule has 0 amide bonds. The van der Waals surface area contributed by atoms with Crippen molar-refractivity contribution in [1.29, 1.82) is 5.26 Å². The molecule has 1 aromatic heterocycles. The van der Waals surface area contributed by atoms with E-state index in [0.29, 0.717) is 0 Å². The molecule has 1 rings (SSSR count). The van der Waals surface area contributed by atoms with E-state index in [-0.39, 0.29) is 11.5 Å². The molecule has 1 heterocycles. The molecule has 0 spiro atoms. The maximum absolute atomic E-state index is 9.20. The Labute approximate surface area is 104 Å². The summed E-state index contributed by atoms with van der Waals surface area (Å²) in [4.78, 5) is 3.32. The third kappa shape index (κ3) is 2.81. The van der Waals surface area contributed by atoms with Gasteiger partial charge in [-0.1, -0.05) is 0 Å². The predicted octanol–water partition coefficient (Wildman–Crippen LogP) is 3.66. The van der Waals surface area contributed by atoms with Crippen LogP contribution in [-0.4, -0.2) is 19.0 Å². The molecule has 0 saturated heterocycles. The van der Waals surface area contributed by atoms with E-state index in [1.165, 1.54) is 4.88 Å². The maximum atomic E-state index is 9.20. The minimum absolute atomic E-state index is 0.138. The Bertz CT molecular complexity index is 376. The van der Waals surface area contributed by atoms with Crippen molar-refractivity contribution < 1.29 is 0 Å². The van der Waals surface area contributed by atoms with Crippen LogP contribution in [-0.2, 0) is 0 Å². The zero-order valence-electron chi connectivity index (χ0n) is 9.41. The monoisotopic (exact) mass is 286 g/mol. The van der Waals surface area contributed by atoms with Gasteiger partial charge < -0.3 is 4.90 Å². The van der Waals surface area contributed by atoms with E-state index in [2.05, 4.69) is 33.0 Å². The van der Waals surface area contributed by atoms with Gasteiger partial charge in [0, 0.05) is 4.88 Å². The van der Waals surface area contributed by atoms with Crippen LogP contribution >= 0.6 is 27.3 Å². The lowest BCUT2D eigenvalue weighted by atomic mass is 9.84. The fourth-order valence-electron chi connectivity index (χ4n) is 1.79. The van der Waals surface area contributed by atoms with Crippen molar-refractivity contribution >= 4 is 27.3 Å². The van der Waals surface area contributed by atoms with Crippen LogP contribution in [0.2, 0.25) is 0 Å². The molecule has 0 aliphatic heterocycles. The first-order chi connectivity index (χ1) is 6.88. The zero-order valence-corrected chi connectivity index (χ0v) is 11.8. The van der Waals surface area contributed by atoms with Gasteiger partial charge in [-0.2, -0.15) is 5.26 Å². The molecule has 0 radical (unpaired) electrons. The number of thiophene rings is 1. The summed E-state index contributed by atoms with van der Waals surface area (Å²) >= 11 is 5.15. The highest BCUT2D eigenvalue weighted by Crippen LogP contribution is 2.40. The van der Waals surface area contributed by atoms with Crippen molar-refractivity contribution in [2.45, 2.75) is 19.9 Å². The van der Waals surface area contributed by atoms with Crippen LogP contribution in [0.3, 0.4) is 0 Å². The minimum atomic E-state index is -0.381. The fourth-order valence-corrected chi connectivity index (χ4v) is 3.60. The van der Waals surface area contributed by atoms with Crippen molar-refractivity contribution in [3.05, 3.63) is 20.8 Å². The molecule has 4 heteroatoms. The molecule has 0 aromatic carbocycles.